The Bertz CT molecular complexity index is 536. The number of anilines is 1. The molecule has 0 bridgehead atoms. The lowest BCUT2D eigenvalue weighted by molar-refractivity contribution is -0.137. The van der Waals surface area contributed by atoms with Crippen LogP contribution >= 0.6 is 0 Å². The number of carbonyl (C=O) groups excluding carboxylic acids is 1. The van der Waals surface area contributed by atoms with Crippen LogP contribution in [0.1, 0.15) is 25.8 Å². The number of benzene rings is 1. The van der Waals surface area contributed by atoms with E-state index in [-0.39, 0.29) is 5.69 Å². The zero-order valence-electron chi connectivity index (χ0n) is 11.0. The van der Waals surface area contributed by atoms with Crippen molar-refractivity contribution >= 4 is 11.7 Å². The third-order valence-corrected chi connectivity index (χ3v) is 2.79. The van der Waals surface area contributed by atoms with Gasteiger partial charge in [0, 0.05) is 5.69 Å². The van der Waals surface area contributed by atoms with Crippen LogP contribution in [-0.4, -0.2) is 11.6 Å². The van der Waals surface area contributed by atoms with Crippen LogP contribution in [0.4, 0.5) is 23.7 Å². The van der Waals surface area contributed by atoms with E-state index < -0.39 is 23.3 Å². The Morgan fingerprint density at radius 1 is 1.40 bits per heavy atom. The van der Waals surface area contributed by atoms with Crippen molar-refractivity contribution in [1.29, 1.82) is 5.26 Å². The van der Waals surface area contributed by atoms with Crippen molar-refractivity contribution < 1.29 is 18.0 Å². The second kappa shape index (κ2) is 5.82. The minimum absolute atomic E-state index is 0.00807. The fourth-order valence-corrected chi connectivity index (χ4v) is 1.38. The molecule has 0 aliphatic carbocycles. The van der Waals surface area contributed by atoms with E-state index in [1.54, 1.807) is 6.92 Å². The van der Waals surface area contributed by atoms with Crippen molar-refractivity contribution in [2.45, 2.75) is 32.0 Å². The molecule has 0 heterocycles. The standard InChI is InChI=1S/C13H14F3N3O/c1-3-12(2,8-17)19-11(20)18-10-6-4-5-9(7-10)13(14,15)16/h4-7H,3H2,1-2H3,(H2,18,19,20). The highest BCUT2D eigenvalue weighted by Gasteiger charge is 2.30. The molecule has 0 fully saturated rings. The molecular weight excluding hydrogens is 271 g/mol. The first-order chi connectivity index (χ1) is 9.20. The van der Waals surface area contributed by atoms with E-state index in [2.05, 4.69) is 10.6 Å². The highest BCUT2D eigenvalue weighted by molar-refractivity contribution is 5.90. The molecule has 0 radical (unpaired) electrons. The molecule has 108 valence electrons. The Labute approximate surface area is 114 Å². The van der Waals surface area contributed by atoms with Gasteiger partial charge in [-0.25, -0.2) is 4.79 Å². The Kier molecular flexibility index (Phi) is 4.61. The predicted molar refractivity (Wildman–Crippen MR) is 67.9 cm³/mol. The zero-order chi connectivity index (χ0) is 15.4. The molecule has 0 saturated heterocycles. The molecule has 20 heavy (non-hydrogen) atoms. The average Bonchev–Trinajstić information content (AvgIpc) is 2.37. The Hall–Kier alpha value is -2.23. The van der Waals surface area contributed by atoms with Crippen molar-refractivity contribution in [2.75, 3.05) is 5.32 Å². The van der Waals surface area contributed by atoms with Gasteiger partial charge in [0.2, 0.25) is 0 Å². The van der Waals surface area contributed by atoms with Crippen LogP contribution in [0.3, 0.4) is 0 Å². The van der Waals surface area contributed by atoms with Crippen molar-refractivity contribution in [3.05, 3.63) is 29.8 Å². The van der Waals surface area contributed by atoms with E-state index in [4.69, 9.17) is 5.26 Å². The molecular formula is C13H14F3N3O. The quantitative estimate of drug-likeness (QED) is 0.892. The molecule has 1 aromatic rings. The van der Waals surface area contributed by atoms with E-state index in [0.717, 1.165) is 12.1 Å². The van der Waals surface area contributed by atoms with Crippen molar-refractivity contribution in [3.8, 4) is 6.07 Å². The number of halogens is 3. The van der Waals surface area contributed by atoms with Gasteiger partial charge in [-0.1, -0.05) is 13.0 Å². The molecule has 1 aromatic carbocycles. The van der Waals surface area contributed by atoms with Gasteiger partial charge in [0.05, 0.1) is 11.6 Å². The lowest BCUT2D eigenvalue weighted by atomic mass is 10.0. The van der Waals surface area contributed by atoms with Gasteiger partial charge in [-0.2, -0.15) is 18.4 Å². The second-order valence-electron chi connectivity index (χ2n) is 4.46. The highest BCUT2D eigenvalue weighted by Crippen LogP contribution is 2.30. The van der Waals surface area contributed by atoms with Gasteiger partial charge in [-0.3, -0.25) is 0 Å². The van der Waals surface area contributed by atoms with Crippen LogP contribution in [0.2, 0.25) is 0 Å². The molecule has 0 aliphatic rings. The first-order valence-corrected chi connectivity index (χ1v) is 5.88. The van der Waals surface area contributed by atoms with Crippen molar-refractivity contribution in [2.24, 2.45) is 0 Å². The molecule has 0 saturated carbocycles. The van der Waals surface area contributed by atoms with Gasteiger partial charge in [-0.15, -0.1) is 0 Å². The summed E-state index contributed by atoms with van der Waals surface area (Å²) in [5, 5.41) is 13.6. The molecule has 2 N–H and O–H groups in total. The van der Waals surface area contributed by atoms with Crippen LogP contribution in [0.15, 0.2) is 24.3 Å². The van der Waals surface area contributed by atoms with Gasteiger partial charge in [0.25, 0.3) is 0 Å². The number of urea groups is 1. The summed E-state index contributed by atoms with van der Waals surface area (Å²) in [5.74, 6) is 0. The summed E-state index contributed by atoms with van der Waals surface area (Å²) in [6.07, 6.45) is -4.10. The molecule has 0 aliphatic heterocycles. The lowest BCUT2D eigenvalue weighted by Crippen LogP contribution is -2.46. The monoisotopic (exact) mass is 285 g/mol. The normalized spacial score (nSPS) is 14.0. The summed E-state index contributed by atoms with van der Waals surface area (Å²) < 4.78 is 37.5. The maximum atomic E-state index is 12.5. The molecule has 0 spiro atoms. The maximum absolute atomic E-state index is 12.5. The first-order valence-electron chi connectivity index (χ1n) is 5.88. The lowest BCUT2D eigenvalue weighted by Gasteiger charge is -2.21. The minimum atomic E-state index is -4.47. The molecule has 0 aromatic heterocycles. The van der Waals surface area contributed by atoms with Crippen molar-refractivity contribution in [3.63, 3.8) is 0 Å². The SMILES string of the molecule is CCC(C)(C#N)NC(=O)Nc1cccc(C(F)(F)F)c1. The zero-order valence-corrected chi connectivity index (χ0v) is 11.0. The number of nitrogens with zero attached hydrogens (tertiary/aromatic N) is 1. The fraction of sp³-hybridized carbons (Fsp3) is 0.385. The van der Waals surface area contributed by atoms with Gasteiger partial charge in [-0.05, 0) is 31.5 Å². The van der Waals surface area contributed by atoms with E-state index in [9.17, 15) is 18.0 Å². The summed E-state index contributed by atoms with van der Waals surface area (Å²) in [4.78, 5) is 11.7. The Morgan fingerprint density at radius 3 is 2.55 bits per heavy atom. The summed E-state index contributed by atoms with van der Waals surface area (Å²) in [6, 6.07) is 5.48. The molecule has 1 unspecified atom stereocenters. The predicted octanol–water partition coefficient (Wildman–Crippen LogP) is 3.52. The number of hydrogen-bond donors (Lipinski definition) is 2. The van der Waals surface area contributed by atoms with Crippen LogP contribution < -0.4 is 10.6 Å². The maximum Gasteiger partial charge on any atom is 0.416 e. The molecule has 1 atom stereocenters. The smallest absolute Gasteiger partial charge is 0.320 e. The van der Waals surface area contributed by atoms with Gasteiger partial charge in [0.1, 0.15) is 5.54 Å². The second-order valence-corrected chi connectivity index (χ2v) is 4.46. The van der Waals surface area contributed by atoms with Gasteiger partial charge >= 0.3 is 12.2 Å². The summed E-state index contributed by atoms with van der Waals surface area (Å²) in [6.45, 7) is 3.24. The molecule has 4 nitrogen and oxygen atoms in total. The van der Waals surface area contributed by atoms with E-state index in [0.29, 0.717) is 6.42 Å². The number of amides is 2. The topological polar surface area (TPSA) is 64.9 Å². The van der Waals surface area contributed by atoms with E-state index in [1.165, 1.54) is 19.1 Å². The summed E-state index contributed by atoms with van der Waals surface area (Å²) in [7, 11) is 0. The van der Waals surface area contributed by atoms with Crippen LogP contribution in [-0.2, 0) is 6.18 Å². The number of carbonyl (C=O) groups is 1. The first kappa shape index (κ1) is 15.8. The van der Waals surface area contributed by atoms with Gasteiger partial charge < -0.3 is 10.6 Å². The average molecular weight is 285 g/mol. The Balaban J connectivity index is 2.80. The minimum Gasteiger partial charge on any atom is -0.320 e. The summed E-state index contributed by atoms with van der Waals surface area (Å²) >= 11 is 0. The highest BCUT2D eigenvalue weighted by atomic mass is 19.4. The van der Waals surface area contributed by atoms with Crippen LogP contribution in [0.25, 0.3) is 0 Å². The van der Waals surface area contributed by atoms with Crippen LogP contribution in [0.5, 0.6) is 0 Å². The summed E-state index contributed by atoms with van der Waals surface area (Å²) in [5.41, 5.74) is -1.91. The fourth-order valence-electron chi connectivity index (χ4n) is 1.38. The third-order valence-electron chi connectivity index (χ3n) is 2.79. The third kappa shape index (κ3) is 4.16. The van der Waals surface area contributed by atoms with E-state index >= 15 is 0 Å². The van der Waals surface area contributed by atoms with Crippen molar-refractivity contribution in [1.82, 2.24) is 5.32 Å². The number of alkyl halides is 3. The molecule has 1 rings (SSSR count). The van der Waals surface area contributed by atoms with Crippen LogP contribution in [0, 0.1) is 11.3 Å². The Morgan fingerprint density at radius 2 is 2.05 bits per heavy atom. The largest absolute Gasteiger partial charge is 0.416 e. The number of hydrogen-bond acceptors (Lipinski definition) is 2. The number of rotatable bonds is 3. The molecule has 2 amide bonds. The number of nitriles is 1. The molecule has 7 heteroatoms. The number of nitrogens with one attached hydrogen (secondary N) is 2. The van der Waals surface area contributed by atoms with E-state index in [1.807, 2.05) is 6.07 Å². The van der Waals surface area contributed by atoms with Gasteiger partial charge in [0.15, 0.2) is 0 Å².